The molecule has 0 fully saturated rings. The molecule has 0 aliphatic carbocycles. The normalized spacial score (nSPS) is 11.0. The van der Waals surface area contributed by atoms with Crippen molar-refractivity contribution in [1.29, 1.82) is 0 Å². The number of aromatic nitrogens is 3. The first-order valence-corrected chi connectivity index (χ1v) is 10.2. The fraction of sp³-hybridized carbons (Fsp3) is 0.0476. The average molecular weight is 494 g/mol. The summed E-state index contributed by atoms with van der Waals surface area (Å²) in [5.74, 6) is -2.53. The highest BCUT2D eigenvalue weighted by Crippen LogP contribution is 2.29. The number of hydrogen-bond acceptors (Lipinski definition) is 4. The van der Waals surface area contributed by atoms with E-state index in [1.807, 2.05) is 0 Å². The lowest BCUT2D eigenvalue weighted by molar-refractivity contribution is -0.580. The Hall–Kier alpha value is -3.20. The van der Waals surface area contributed by atoms with Gasteiger partial charge in [0.2, 0.25) is 0 Å². The molecule has 1 aromatic carbocycles. The number of Topliss-reactive ketones (excluding diaryl/α,β-unsaturated/α-hetero) is 1. The van der Waals surface area contributed by atoms with E-state index in [4.69, 9.17) is 34.8 Å². The third-order valence-electron chi connectivity index (χ3n) is 4.71. The molecule has 3 aromatic heterocycles. The van der Waals surface area contributed by atoms with Crippen molar-refractivity contribution in [2.24, 2.45) is 0 Å². The highest BCUT2D eigenvalue weighted by molar-refractivity contribution is 6.50. The number of rotatable bonds is 5. The molecule has 3 heterocycles. The summed E-state index contributed by atoms with van der Waals surface area (Å²) in [6.45, 7) is -0.134. The molecule has 4 rings (SSSR count). The van der Waals surface area contributed by atoms with E-state index in [1.54, 1.807) is 0 Å². The number of pyridine rings is 2. The van der Waals surface area contributed by atoms with Gasteiger partial charge in [-0.15, -0.1) is 0 Å². The quantitative estimate of drug-likeness (QED) is 0.190. The molecule has 1 N–H and O–H groups in total. The monoisotopic (exact) mass is 492 g/mol. The van der Waals surface area contributed by atoms with Gasteiger partial charge in [-0.1, -0.05) is 40.9 Å². The van der Waals surface area contributed by atoms with Gasteiger partial charge in [0.25, 0.3) is 17.3 Å². The van der Waals surface area contributed by atoms with Crippen molar-refractivity contribution in [1.82, 2.24) is 9.55 Å². The SMILES string of the molecule is O=C(Nc1c(Cl)cncc1Cl)C(=O)c1cn(Cc2c(F)cccc2Cl)c2c1ccc[n+]2[O-]. The van der Waals surface area contributed by atoms with Crippen LogP contribution in [0.2, 0.25) is 15.1 Å². The minimum atomic E-state index is -1.02. The molecule has 11 heteroatoms. The molecule has 32 heavy (non-hydrogen) atoms. The van der Waals surface area contributed by atoms with Crippen LogP contribution in [0.4, 0.5) is 10.1 Å². The van der Waals surface area contributed by atoms with Crippen molar-refractivity contribution in [3.8, 4) is 0 Å². The summed E-state index contributed by atoms with van der Waals surface area (Å²) in [7, 11) is 0. The maximum Gasteiger partial charge on any atom is 0.297 e. The molecule has 0 atom stereocenters. The van der Waals surface area contributed by atoms with Crippen LogP contribution in [-0.2, 0) is 11.3 Å². The smallest absolute Gasteiger partial charge is 0.297 e. The van der Waals surface area contributed by atoms with Gasteiger partial charge in [-0.3, -0.25) is 14.6 Å². The summed E-state index contributed by atoms with van der Waals surface area (Å²) in [4.78, 5) is 29.4. The first-order valence-electron chi connectivity index (χ1n) is 9.06. The molecule has 4 aromatic rings. The van der Waals surface area contributed by atoms with E-state index in [2.05, 4.69) is 10.3 Å². The fourth-order valence-electron chi connectivity index (χ4n) is 3.24. The average Bonchev–Trinajstić information content (AvgIpc) is 3.12. The number of benzene rings is 1. The van der Waals surface area contributed by atoms with Gasteiger partial charge >= 0.3 is 0 Å². The highest BCUT2D eigenvalue weighted by Gasteiger charge is 2.28. The number of nitrogens with one attached hydrogen (secondary N) is 1. The largest absolute Gasteiger partial charge is 0.711 e. The second kappa shape index (κ2) is 8.74. The minimum Gasteiger partial charge on any atom is -0.711 e. The lowest BCUT2D eigenvalue weighted by Crippen LogP contribution is -2.28. The molecule has 0 saturated heterocycles. The predicted octanol–water partition coefficient (Wildman–Crippen LogP) is 4.64. The van der Waals surface area contributed by atoms with Crippen LogP contribution >= 0.6 is 34.8 Å². The number of halogens is 4. The molecule has 162 valence electrons. The van der Waals surface area contributed by atoms with Gasteiger partial charge in [0.15, 0.2) is 0 Å². The summed E-state index contributed by atoms with van der Waals surface area (Å²) in [5, 5.41) is 15.3. The molecule has 0 unspecified atom stereocenters. The number of amides is 1. The number of nitrogens with zero attached hydrogens (tertiary/aromatic N) is 3. The molecule has 0 bridgehead atoms. The number of ketones is 1. The van der Waals surface area contributed by atoms with Crippen LogP contribution in [0.1, 0.15) is 15.9 Å². The van der Waals surface area contributed by atoms with E-state index in [0.717, 1.165) is 0 Å². The molecule has 7 nitrogen and oxygen atoms in total. The zero-order valence-electron chi connectivity index (χ0n) is 16.0. The first kappa shape index (κ1) is 22.0. The van der Waals surface area contributed by atoms with E-state index in [-0.39, 0.29) is 49.5 Å². The van der Waals surface area contributed by atoms with Crippen molar-refractivity contribution < 1.29 is 18.7 Å². The Bertz CT molecular complexity index is 1350. The standard InChI is InChI=1S/C21H12Cl3FN4O3/c22-14-4-1-5-17(25)13(14)10-28-9-12(11-3-2-6-29(32)21(11)28)19(30)20(31)27-18-15(23)7-26-8-16(18)24/h1-9H,10H2,(H,26,27,31). The topological polar surface area (TPSA) is 90.9 Å². The Labute approximate surface area is 195 Å². The Balaban J connectivity index is 1.76. The van der Waals surface area contributed by atoms with Gasteiger partial charge in [0, 0.05) is 18.0 Å². The maximum atomic E-state index is 14.3. The summed E-state index contributed by atoms with van der Waals surface area (Å²) in [6, 6.07) is 7.15. The first-order chi connectivity index (χ1) is 15.3. The lowest BCUT2D eigenvalue weighted by atomic mass is 10.1. The van der Waals surface area contributed by atoms with Gasteiger partial charge in [-0.05, 0) is 24.3 Å². The molecule has 0 saturated carbocycles. The van der Waals surface area contributed by atoms with Crippen LogP contribution in [0.25, 0.3) is 11.0 Å². The molecule has 0 radical (unpaired) electrons. The zero-order chi connectivity index (χ0) is 23.0. The second-order valence-corrected chi connectivity index (χ2v) is 7.93. The number of fused-ring (bicyclic) bond motifs is 1. The van der Waals surface area contributed by atoms with Crippen molar-refractivity contribution in [3.05, 3.63) is 92.3 Å². The van der Waals surface area contributed by atoms with E-state index < -0.39 is 17.5 Å². The molecule has 0 aliphatic heterocycles. The molecule has 1 amide bonds. The summed E-state index contributed by atoms with van der Waals surface area (Å²) < 4.78 is 16.2. The number of hydrogen-bond donors (Lipinski definition) is 1. The van der Waals surface area contributed by atoms with E-state index in [9.17, 15) is 19.2 Å². The van der Waals surface area contributed by atoms with Gasteiger partial charge in [-0.25, -0.2) is 13.7 Å². The van der Waals surface area contributed by atoms with E-state index in [1.165, 1.54) is 59.7 Å². The number of carbonyl (C=O) groups excluding carboxylic acids is 2. The Morgan fingerprint density at radius 1 is 1.09 bits per heavy atom. The third-order valence-corrected chi connectivity index (χ3v) is 5.64. The van der Waals surface area contributed by atoms with Gasteiger partial charge in [-0.2, -0.15) is 0 Å². The van der Waals surface area contributed by atoms with Crippen LogP contribution in [0, 0.1) is 11.0 Å². The summed E-state index contributed by atoms with van der Waals surface area (Å²) in [6.07, 6.45) is 5.06. The van der Waals surface area contributed by atoms with Crippen LogP contribution < -0.4 is 10.0 Å². The Morgan fingerprint density at radius 3 is 2.50 bits per heavy atom. The number of carbonyl (C=O) groups is 2. The number of anilines is 1. The van der Waals surface area contributed by atoms with Crippen molar-refractivity contribution >= 4 is 63.2 Å². The second-order valence-electron chi connectivity index (χ2n) is 6.70. The lowest BCUT2D eigenvalue weighted by Gasteiger charge is -2.07. The third kappa shape index (κ3) is 4.00. The van der Waals surface area contributed by atoms with Crippen LogP contribution in [0.5, 0.6) is 0 Å². The predicted molar refractivity (Wildman–Crippen MR) is 119 cm³/mol. The summed E-state index contributed by atoms with van der Waals surface area (Å²) in [5.41, 5.74) is 0.163. The van der Waals surface area contributed by atoms with E-state index in [0.29, 0.717) is 4.73 Å². The van der Waals surface area contributed by atoms with Gasteiger partial charge in [0.1, 0.15) is 18.6 Å². The molecular formula is C21H12Cl3FN4O3. The molecule has 0 spiro atoms. The van der Waals surface area contributed by atoms with E-state index >= 15 is 0 Å². The Kier molecular flexibility index (Phi) is 6.01. The Morgan fingerprint density at radius 2 is 1.81 bits per heavy atom. The zero-order valence-corrected chi connectivity index (χ0v) is 18.2. The maximum absolute atomic E-state index is 14.3. The molecular weight excluding hydrogens is 482 g/mol. The van der Waals surface area contributed by atoms with Crippen molar-refractivity contribution in [2.45, 2.75) is 6.54 Å². The summed E-state index contributed by atoms with van der Waals surface area (Å²) >= 11 is 18.1. The molecule has 0 aliphatic rings. The van der Waals surface area contributed by atoms with Gasteiger partial charge < -0.3 is 10.5 Å². The van der Waals surface area contributed by atoms with Crippen LogP contribution in [0.3, 0.4) is 0 Å². The fourth-order valence-corrected chi connectivity index (χ4v) is 3.92. The van der Waals surface area contributed by atoms with Gasteiger partial charge in [0.05, 0.1) is 37.9 Å². The van der Waals surface area contributed by atoms with Crippen molar-refractivity contribution in [3.63, 3.8) is 0 Å². The highest BCUT2D eigenvalue weighted by atomic mass is 35.5. The van der Waals surface area contributed by atoms with Crippen LogP contribution in [-0.4, -0.2) is 21.2 Å². The van der Waals surface area contributed by atoms with Crippen LogP contribution in [0.15, 0.2) is 55.1 Å². The minimum absolute atomic E-state index is 0.0300. The van der Waals surface area contributed by atoms with Crippen molar-refractivity contribution in [2.75, 3.05) is 5.32 Å².